The van der Waals surface area contributed by atoms with Gasteiger partial charge in [-0.25, -0.2) is 8.42 Å². The highest BCUT2D eigenvalue weighted by atomic mass is 32.2. The molecule has 0 aliphatic carbocycles. The second-order valence-electron chi connectivity index (χ2n) is 14.2. The molecule has 0 bridgehead atoms. The van der Waals surface area contributed by atoms with Crippen molar-refractivity contribution in [2.24, 2.45) is 5.92 Å². The number of sulfonamides is 1. The highest BCUT2D eigenvalue weighted by molar-refractivity contribution is 7.89. The van der Waals surface area contributed by atoms with Gasteiger partial charge in [-0.2, -0.15) is 4.31 Å². The Bertz CT molecular complexity index is 2300. The smallest absolute Gasteiger partial charge is 0.262 e. The van der Waals surface area contributed by atoms with E-state index >= 15 is 0 Å². The van der Waals surface area contributed by atoms with E-state index in [1.807, 2.05) is 43.3 Å². The average molecular weight is 750 g/mol. The van der Waals surface area contributed by atoms with Crippen molar-refractivity contribution >= 4 is 45.0 Å². The van der Waals surface area contributed by atoms with Gasteiger partial charge in [-0.3, -0.25) is 24.5 Å². The maximum atomic E-state index is 14.0. The lowest BCUT2D eigenvalue weighted by Gasteiger charge is -2.39. The number of amides is 4. The molecule has 13 nitrogen and oxygen atoms in total. The van der Waals surface area contributed by atoms with Crippen LogP contribution >= 0.6 is 0 Å². The molecule has 54 heavy (non-hydrogen) atoms. The van der Waals surface area contributed by atoms with Crippen LogP contribution in [0, 0.1) is 12.8 Å². The molecule has 4 amide bonds. The van der Waals surface area contributed by atoms with E-state index in [4.69, 9.17) is 4.74 Å². The molecule has 4 aromatic rings. The first kappa shape index (κ1) is 35.5. The summed E-state index contributed by atoms with van der Waals surface area (Å²) in [4.78, 5) is 52.1. The number of carbonyl (C=O) groups excluding carboxylic acids is 4. The minimum absolute atomic E-state index is 0.120. The zero-order valence-electron chi connectivity index (χ0n) is 29.4. The first-order chi connectivity index (χ1) is 26.0. The van der Waals surface area contributed by atoms with Crippen LogP contribution in [-0.2, 0) is 31.0 Å². The highest BCUT2D eigenvalue weighted by Gasteiger charge is 2.48. The minimum atomic E-state index is -3.82. The highest BCUT2D eigenvalue weighted by Crippen LogP contribution is 2.49. The van der Waals surface area contributed by atoms with Gasteiger partial charge in [0.15, 0.2) is 6.61 Å². The molecule has 1 unspecified atom stereocenters. The van der Waals surface area contributed by atoms with Gasteiger partial charge in [0, 0.05) is 41.4 Å². The fraction of sp³-hybridized carbons (Fsp3) is 0.300. The summed E-state index contributed by atoms with van der Waals surface area (Å²) in [6.07, 6.45) is 0.986. The van der Waals surface area contributed by atoms with E-state index < -0.39 is 33.9 Å². The van der Waals surface area contributed by atoms with Crippen LogP contribution in [0.5, 0.6) is 5.75 Å². The molecule has 4 heterocycles. The van der Waals surface area contributed by atoms with E-state index in [-0.39, 0.29) is 61.3 Å². The fourth-order valence-corrected chi connectivity index (χ4v) is 9.79. The Morgan fingerprint density at radius 1 is 0.963 bits per heavy atom. The van der Waals surface area contributed by atoms with Crippen LogP contribution in [0.25, 0.3) is 11.1 Å². The Balaban J connectivity index is 0.983. The number of nitrogens with zero attached hydrogens (tertiary/aromatic N) is 2. The lowest BCUT2D eigenvalue weighted by molar-refractivity contribution is -0.137. The Kier molecular flexibility index (Phi) is 9.20. The Morgan fingerprint density at radius 2 is 1.74 bits per heavy atom. The van der Waals surface area contributed by atoms with Crippen LogP contribution in [0.15, 0.2) is 89.8 Å². The number of imide groups is 1. The number of ether oxygens (including phenoxy) is 1. The molecule has 2 saturated heterocycles. The number of anilines is 2. The molecule has 4 atom stereocenters. The molecule has 4 N–H and O–H groups in total. The number of benzene rings is 4. The number of aliphatic hydroxyl groups is 1. The van der Waals surface area contributed by atoms with Crippen molar-refractivity contribution in [2.75, 3.05) is 30.4 Å². The summed E-state index contributed by atoms with van der Waals surface area (Å²) in [7, 11) is -3.82. The van der Waals surface area contributed by atoms with Crippen molar-refractivity contribution in [3.8, 4) is 16.9 Å². The van der Waals surface area contributed by atoms with Gasteiger partial charge >= 0.3 is 0 Å². The van der Waals surface area contributed by atoms with Gasteiger partial charge in [-0.05, 0) is 85.0 Å². The van der Waals surface area contributed by atoms with Gasteiger partial charge in [0.2, 0.25) is 21.8 Å². The van der Waals surface area contributed by atoms with Gasteiger partial charge in [0.05, 0.1) is 30.1 Å². The number of nitrogens with one attached hydrogen (secondary N) is 3. The average Bonchev–Trinajstić information content (AvgIpc) is 3.77. The maximum absolute atomic E-state index is 14.0. The van der Waals surface area contributed by atoms with Crippen LogP contribution < -0.4 is 20.7 Å². The molecular formula is C40H39N5O8S. The van der Waals surface area contributed by atoms with E-state index in [1.165, 1.54) is 4.90 Å². The Morgan fingerprint density at radius 3 is 2.52 bits per heavy atom. The molecule has 4 aliphatic heterocycles. The van der Waals surface area contributed by atoms with Gasteiger partial charge < -0.3 is 25.4 Å². The number of fused-ring (bicyclic) bond motifs is 4. The van der Waals surface area contributed by atoms with Gasteiger partial charge in [-0.1, -0.05) is 42.0 Å². The van der Waals surface area contributed by atoms with Gasteiger partial charge in [0.1, 0.15) is 11.8 Å². The first-order valence-electron chi connectivity index (χ1n) is 17.9. The molecule has 8 rings (SSSR count). The van der Waals surface area contributed by atoms with Crippen molar-refractivity contribution in [1.82, 2.24) is 14.5 Å². The molecule has 0 saturated carbocycles. The van der Waals surface area contributed by atoms with E-state index in [2.05, 4.69) is 16.0 Å². The number of carbonyl (C=O) groups is 4. The first-order valence-corrected chi connectivity index (χ1v) is 19.4. The third kappa shape index (κ3) is 6.39. The normalized spacial score (nSPS) is 22.2. The summed E-state index contributed by atoms with van der Waals surface area (Å²) in [6.45, 7) is 1.90. The molecule has 0 aromatic heterocycles. The van der Waals surface area contributed by atoms with E-state index in [0.29, 0.717) is 35.5 Å². The number of hydrogen-bond acceptors (Lipinski definition) is 9. The summed E-state index contributed by atoms with van der Waals surface area (Å²) >= 11 is 0. The molecule has 4 aliphatic rings. The summed E-state index contributed by atoms with van der Waals surface area (Å²) in [6, 6.07) is 23.4. The van der Waals surface area contributed by atoms with Crippen LogP contribution in [0.1, 0.15) is 52.4 Å². The van der Waals surface area contributed by atoms with Crippen LogP contribution in [0.3, 0.4) is 0 Å². The zero-order chi connectivity index (χ0) is 37.7. The molecule has 278 valence electrons. The summed E-state index contributed by atoms with van der Waals surface area (Å²) < 4.78 is 35.4. The number of piperidine rings is 1. The third-order valence-electron chi connectivity index (χ3n) is 10.8. The lowest BCUT2D eigenvalue weighted by Crippen LogP contribution is -2.52. The van der Waals surface area contributed by atoms with E-state index in [9.17, 15) is 32.7 Å². The lowest BCUT2D eigenvalue weighted by atomic mass is 9.82. The molecule has 0 radical (unpaired) electrons. The maximum Gasteiger partial charge on any atom is 0.262 e. The van der Waals surface area contributed by atoms with E-state index in [1.54, 1.807) is 52.8 Å². The number of hydrogen-bond donors (Lipinski definition) is 4. The summed E-state index contributed by atoms with van der Waals surface area (Å²) in [5.41, 5.74) is 5.67. The predicted octanol–water partition coefficient (Wildman–Crippen LogP) is 3.98. The topological polar surface area (TPSA) is 174 Å². The SMILES string of the molecule is Cc1ccc(S(=O)(=O)N2CC[C@@H]3[C@H](CO)Nc4ccc(-c5cccc(NC(=O)COc6cccc7c6CN(C6CCC(=O)NC6=O)C7=O)c5)cc4[C@@H]32)cc1. The van der Waals surface area contributed by atoms with Gasteiger partial charge in [-0.15, -0.1) is 0 Å². The monoisotopic (exact) mass is 749 g/mol. The largest absolute Gasteiger partial charge is 0.483 e. The van der Waals surface area contributed by atoms with Crippen LogP contribution in [0.4, 0.5) is 11.4 Å². The second-order valence-corrected chi connectivity index (χ2v) is 16.1. The molecule has 14 heteroatoms. The molecule has 2 fully saturated rings. The number of rotatable bonds is 9. The number of aryl methyl sites for hydroxylation is 1. The van der Waals surface area contributed by atoms with Crippen molar-refractivity contribution < 1.29 is 37.4 Å². The van der Waals surface area contributed by atoms with Crippen molar-refractivity contribution in [1.29, 1.82) is 0 Å². The van der Waals surface area contributed by atoms with Crippen molar-refractivity contribution in [3.05, 3.63) is 107 Å². The van der Waals surface area contributed by atoms with Crippen molar-refractivity contribution in [2.45, 2.75) is 55.8 Å². The molecule has 4 aromatic carbocycles. The summed E-state index contributed by atoms with van der Waals surface area (Å²) in [5.74, 6) is -1.40. The second kappa shape index (κ2) is 14.0. The van der Waals surface area contributed by atoms with Crippen LogP contribution in [-0.4, -0.2) is 78.2 Å². The Hall–Kier alpha value is -5.57. The minimum Gasteiger partial charge on any atom is -0.483 e. The third-order valence-corrected chi connectivity index (χ3v) is 12.7. The van der Waals surface area contributed by atoms with Crippen LogP contribution in [0.2, 0.25) is 0 Å². The Labute approximate surface area is 312 Å². The quantitative estimate of drug-likeness (QED) is 0.185. The van der Waals surface area contributed by atoms with Crippen molar-refractivity contribution in [3.63, 3.8) is 0 Å². The molecule has 0 spiro atoms. The van der Waals surface area contributed by atoms with E-state index in [0.717, 1.165) is 27.9 Å². The standard InChI is InChI=1S/C40H39N5O8S/c1-23-8-11-27(12-9-23)54(51,52)45-17-16-29-33(21-46)42-32-13-10-25(19-30(32)38(29)45)24-4-2-5-26(18-24)41-37(48)22-53-35-7-3-6-28-31(35)20-44(40(28)50)34-14-15-36(47)43-39(34)49/h2-13,18-19,29,33-34,38,42,46H,14-17,20-22H2,1H3,(H,41,48)(H,43,47,49)/t29-,33+,34?,38-/m1/s1. The van der Waals surface area contributed by atoms with Gasteiger partial charge in [0.25, 0.3) is 11.8 Å². The predicted molar refractivity (Wildman–Crippen MR) is 199 cm³/mol. The zero-order valence-corrected chi connectivity index (χ0v) is 30.3. The fourth-order valence-electron chi connectivity index (χ4n) is 8.12. The molecular weight excluding hydrogens is 711 g/mol. The summed E-state index contributed by atoms with van der Waals surface area (Å²) in [5, 5.41) is 18.9. The number of aliphatic hydroxyl groups excluding tert-OH is 1.